The van der Waals surface area contributed by atoms with Gasteiger partial charge in [0.05, 0.1) is 23.2 Å². The first-order chi connectivity index (χ1) is 17.2. The topological polar surface area (TPSA) is 53.4 Å². The molecule has 0 N–H and O–H groups in total. The normalized spacial score (nSPS) is 10.4. The summed E-state index contributed by atoms with van der Waals surface area (Å²) in [5.41, 5.74) is 3.49. The predicted molar refractivity (Wildman–Crippen MR) is 147 cm³/mol. The van der Waals surface area contributed by atoms with Crippen molar-refractivity contribution in [2.45, 2.75) is 54.6 Å². The van der Waals surface area contributed by atoms with Crippen molar-refractivity contribution in [3.8, 4) is 17.1 Å². The highest BCUT2D eigenvalue weighted by Gasteiger charge is 2.26. The molecule has 0 saturated heterocycles. The van der Waals surface area contributed by atoms with Gasteiger partial charge in [-0.05, 0) is 31.2 Å². The molecule has 0 fully saturated rings. The van der Waals surface area contributed by atoms with Gasteiger partial charge in [-0.1, -0.05) is 96.1 Å². The summed E-state index contributed by atoms with van der Waals surface area (Å²) < 4.78 is 13.5. The molecular weight excluding hydrogens is 436 g/mol. The van der Waals surface area contributed by atoms with E-state index in [1.807, 2.05) is 132 Å². The molecule has 0 aliphatic carbocycles. The van der Waals surface area contributed by atoms with Crippen LogP contribution in [0.1, 0.15) is 60.1 Å². The zero-order valence-electron chi connectivity index (χ0n) is 22.4. The molecule has 0 saturated carbocycles. The number of aromatic nitrogens is 2. The lowest BCUT2D eigenvalue weighted by Gasteiger charge is -2.20. The standard InChI is InChI=1S/C24H22N2O3.3C2H6/c1-3-28-24(27)22(17-11-5-4-6-12-17)29-21-16-10-7-13-18(21)23-25-19-14-8-9-15-20(19)26(23)2;3*1-2/h4-16,22H,3H2,1-2H3;3*1-2H3. The first-order valence-electron chi connectivity index (χ1n) is 12.6. The maximum Gasteiger partial charge on any atom is 0.352 e. The van der Waals surface area contributed by atoms with Crippen molar-refractivity contribution in [2.75, 3.05) is 6.61 Å². The van der Waals surface area contributed by atoms with Crippen LogP contribution in [0.2, 0.25) is 0 Å². The first kappa shape index (κ1) is 29.4. The van der Waals surface area contributed by atoms with Crippen LogP contribution >= 0.6 is 0 Å². The Labute approximate surface area is 210 Å². The Morgan fingerprint density at radius 3 is 2.03 bits per heavy atom. The molecule has 0 bridgehead atoms. The summed E-state index contributed by atoms with van der Waals surface area (Å²) in [4.78, 5) is 17.4. The molecule has 1 heterocycles. The zero-order chi connectivity index (χ0) is 26.2. The Morgan fingerprint density at radius 2 is 1.40 bits per heavy atom. The van der Waals surface area contributed by atoms with Crippen LogP contribution in [-0.4, -0.2) is 22.1 Å². The number of carbonyl (C=O) groups is 1. The molecule has 188 valence electrons. The highest BCUT2D eigenvalue weighted by molar-refractivity contribution is 5.82. The quantitative estimate of drug-likeness (QED) is 0.265. The van der Waals surface area contributed by atoms with E-state index in [1.54, 1.807) is 6.92 Å². The Hall–Kier alpha value is -3.60. The predicted octanol–water partition coefficient (Wildman–Crippen LogP) is 8.00. The number of hydrogen-bond donors (Lipinski definition) is 0. The average molecular weight is 477 g/mol. The van der Waals surface area contributed by atoms with E-state index in [9.17, 15) is 4.79 Å². The fourth-order valence-electron chi connectivity index (χ4n) is 3.37. The highest BCUT2D eigenvalue weighted by atomic mass is 16.6. The van der Waals surface area contributed by atoms with Crippen molar-refractivity contribution in [1.29, 1.82) is 0 Å². The molecule has 0 amide bonds. The van der Waals surface area contributed by atoms with E-state index in [-0.39, 0.29) is 6.61 Å². The summed E-state index contributed by atoms with van der Waals surface area (Å²) in [7, 11) is 1.97. The summed E-state index contributed by atoms with van der Waals surface area (Å²) in [5.74, 6) is 0.934. The third kappa shape index (κ3) is 7.44. The third-order valence-corrected chi connectivity index (χ3v) is 4.76. The summed E-state index contributed by atoms with van der Waals surface area (Å²) in [5, 5.41) is 0. The van der Waals surface area contributed by atoms with E-state index in [0.29, 0.717) is 5.75 Å². The summed E-state index contributed by atoms with van der Waals surface area (Å²) >= 11 is 0. The van der Waals surface area contributed by atoms with Gasteiger partial charge in [0.2, 0.25) is 6.10 Å². The lowest BCUT2D eigenvalue weighted by atomic mass is 10.1. The number of para-hydroxylation sites is 3. The minimum Gasteiger partial charge on any atom is -0.473 e. The van der Waals surface area contributed by atoms with Gasteiger partial charge in [0.15, 0.2) is 0 Å². The largest absolute Gasteiger partial charge is 0.473 e. The number of fused-ring (bicyclic) bond motifs is 1. The third-order valence-electron chi connectivity index (χ3n) is 4.76. The lowest BCUT2D eigenvalue weighted by Crippen LogP contribution is -2.21. The molecule has 1 aromatic heterocycles. The monoisotopic (exact) mass is 476 g/mol. The number of aryl methyl sites for hydroxylation is 1. The highest BCUT2D eigenvalue weighted by Crippen LogP contribution is 2.34. The van der Waals surface area contributed by atoms with Gasteiger partial charge in [0.25, 0.3) is 0 Å². The van der Waals surface area contributed by atoms with Crippen LogP contribution in [0.4, 0.5) is 0 Å². The van der Waals surface area contributed by atoms with E-state index in [4.69, 9.17) is 14.5 Å². The second-order valence-electron chi connectivity index (χ2n) is 6.64. The Bertz CT molecular complexity index is 1140. The number of carbonyl (C=O) groups excluding carboxylic acids is 1. The average Bonchev–Trinajstić information content (AvgIpc) is 3.27. The fraction of sp³-hybridized carbons (Fsp3) is 0.333. The smallest absolute Gasteiger partial charge is 0.352 e. The number of rotatable bonds is 6. The van der Waals surface area contributed by atoms with Crippen molar-refractivity contribution in [2.24, 2.45) is 7.05 Å². The number of nitrogens with zero attached hydrogens (tertiary/aromatic N) is 2. The molecule has 1 unspecified atom stereocenters. The second-order valence-corrected chi connectivity index (χ2v) is 6.64. The molecule has 4 aromatic rings. The van der Waals surface area contributed by atoms with Gasteiger partial charge >= 0.3 is 5.97 Å². The van der Waals surface area contributed by atoms with Gasteiger partial charge in [0, 0.05) is 12.6 Å². The molecule has 1 atom stereocenters. The van der Waals surface area contributed by atoms with E-state index in [2.05, 4.69) is 0 Å². The lowest BCUT2D eigenvalue weighted by molar-refractivity contribution is -0.151. The van der Waals surface area contributed by atoms with Crippen LogP contribution in [0.25, 0.3) is 22.4 Å². The van der Waals surface area contributed by atoms with Crippen molar-refractivity contribution >= 4 is 17.0 Å². The number of esters is 1. The molecule has 0 radical (unpaired) electrons. The molecular formula is C30H40N2O3. The Kier molecular flexibility index (Phi) is 13.5. The number of imidazole rings is 1. The van der Waals surface area contributed by atoms with Gasteiger partial charge in [-0.25, -0.2) is 9.78 Å². The number of benzene rings is 3. The maximum absolute atomic E-state index is 12.6. The summed E-state index contributed by atoms with van der Waals surface area (Å²) in [6.45, 7) is 14.1. The molecule has 0 aliphatic heterocycles. The van der Waals surface area contributed by atoms with E-state index in [0.717, 1.165) is 28.0 Å². The zero-order valence-corrected chi connectivity index (χ0v) is 22.4. The first-order valence-corrected chi connectivity index (χ1v) is 12.6. The maximum atomic E-state index is 12.6. The van der Waals surface area contributed by atoms with Crippen LogP contribution in [0.5, 0.6) is 5.75 Å². The van der Waals surface area contributed by atoms with E-state index >= 15 is 0 Å². The molecule has 35 heavy (non-hydrogen) atoms. The van der Waals surface area contributed by atoms with Gasteiger partial charge in [0.1, 0.15) is 11.6 Å². The van der Waals surface area contributed by atoms with E-state index in [1.165, 1.54) is 0 Å². The van der Waals surface area contributed by atoms with Gasteiger partial charge < -0.3 is 14.0 Å². The van der Waals surface area contributed by atoms with Crippen molar-refractivity contribution < 1.29 is 14.3 Å². The fourth-order valence-corrected chi connectivity index (χ4v) is 3.37. The molecule has 0 spiro atoms. The SMILES string of the molecule is CC.CC.CC.CCOC(=O)C(Oc1ccccc1-c1nc2ccccc2n1C)c1ccccc1. The number of ether oxygens (including phenoxy) is 2. The van der Waals surface area contributed by atoms with E-state index < -0.39 is 12.1 Å². The van der Waals surface area contributed by atoms with Crippen LogP contribution < -0.4 is 4.74 Å². The van der Waals surface area contributed by atoms with Crippen LogP contribution in [0.3, 0.4) is 0 Å². The van der Waals surface area contributed by atoms with Gasteiger partial charge in [-0.15, -0.1) is 0 Å². The van der Waals surface area contributed by atoms with Gasteiger partial charge in [-0.2, -0.15) is 0 Å². The van der Waals surface area contributed by atoms with Crippen molar-refractivity contribution in [1.82, 2.24) is 9.55 Å². The van der Waals surface area contributed by atoms with Crippen LogP contribution in [0.15, 0.2) is 78.9 Å². The summed E-state index contributed by atoms with van der Waals surface area (Å²) in [6, 6.07) is 25.0. The van der Waals surface area contributed by atoms with Gasteiger partial charge in [-0.3, -0.25) is 0 Å². The van der Waals surface area contributed by atoms with Crippen molar-refractivity contribution in [3.05, 3.63) is 84.4 Å². The Balaban J connectivity index is 0.000000949. The molecule has 5 heteroatoms. The molecule has 0 aliphatic rings. The summed E-state index contributed by atoms with van der Waals surface area (Å²) in [6.07, 6.45) is -0.855. The second kappa shape index (κ2) is 16.1. The molecule has 4 rings (SSSR count). The molecule has 3 aromatic carbocycles. The van der Waals surface area contributed by atoms with Crippen LogP contribution in [0, 0.1) is 0 Å². The number of hydrogen-bond acceptors (Lipinski definition) is 4. The minimum atomic E-state index is -0.855. The Morgan fingerprint density at radius 1 is 0.829 bits per heavy atom. The molecule has 5 nitrogen and oxygen atoms in total. The van der Waals surface area contributed by atoms with Crippen molar-refractivity contribution in [3.63, 3.8) is 0 Å². The minimum absolute atomic E-state index is 0.290. The van der Waals surface area contributed by atoms with Crippen LogP contribution in [-0.2, 0) is 16.6 Å².